The third-order valence-electron chi connectivity index (χ3n) is 5.53. The molecule has 1 atom stereocenters. The number of rotatable bonds is 4. The van der Waals surface area contributed by atoms with Gasteiger partial charge in [0.1, 0.15) is 0 Å². The number of anilines is 1. The molecule has 1 aromatic carbocycles. The van der Waals surface area contributed by atoms with Crippen LogP contribution < -0.4 is 21.2 Å². The average molecular weight is 407 g/mol. The van der Waals surface area contributed by atoms with Crippen LogP contribution in [0.4, 0.5) is 19.1 Å². The lowest BCUT2D eigenvalue weighted by atomic mass is 10.1. The van der Waals surface area contributed by atoms with Crippen LogP contribution in [0.25, 0.3) is 0 Å². The maximum absolute atomic E-state index is 13.2. The van der Waals surface area contributed by atoms with Gasteiger partial charge >= 0.3 is 6.18 Å². The van der Waals surface area contributed by atoms with Gasteiger partial charge in [0.05, 0.1) is 22.9 Å². The summed E-state index contributed by atoms with van der Waals surface area (Å²) in [5.41, 5.74) is 1.41. The van der Waals surface area contributed by atoms with Crippen molar-refractivity contribution in [3.63, 3.8) is 0 Å². The first-order chi connectivity index (χ1) is 13.8. The van der Waals surface area contributed by atoms with E-state index in [1.54, 1.807) is 4.68 Å². The molecule has 9 heteroatoms. The van der Waals surface area contributed by atoms with E-state index in [4.69, 9.17) is 4.98 Å². The van der Waals surface area contributed by atoms with Gasteiger partial charge in [0, 0.05) is 32.6 Å². The second-order valence-corrected chi connectivity index (χ2v) is 7.55. The Bertz CT molecular complexity index is 933. The number of benzene rings is 1. The van der Waals surface area contributed by atoms with E-state index in [1.807, 2.05) is 11.9 Å². The summed E-state index contributed by atoms with van der Waals surface area (Å²) in [5.74, 6) is 0.449. The van der Waals surface area contributed by atoms with Crippen molar-refractivity contribution in [1.82, 2.24) is 15.0 Å². The van der Waals surface area contributed by atoms with Gasteiger partial charge in [-0.05, 0) is 37.5 Å². The number of alkyl halides is 3. The maximum atomic E-state index is 13.2. The van der Waals surface area contributed by atoms with Gasteiger partial charge in [-0.1, -0.05) is 12.1 Å². The fraction of sp³-hybridized carbons (Fsp3) is 0.500. The third-order valence-corrected chi connectivity index (χ3v) is 5.53. The van der Waals surface area contributed by atoms with Crippen LogP contribution in [-0.2, 0) is 19.1 Å². The lowest BCUT2D eigenvalue weighted by molar-refractivity contribution is -0.137. The van der Waals surface area contributed by atoms with Crippen molar-refractivity contribution in [2.24, 2.45) is 0 Å². The van der Waals surface area contributed by atoms with Crippen LogP contribution in [0.15, 0.2) is 29.1 Å². The van der Waals surface area contributed by atoms with Gasteiger partial charge in [-0.3, -0.25) is 4.79 Å². The highest BCUT2D eigenvalue weighted by Gasteiger charge is 2.30. The molecule has 2 aromatic rings. The zero-order valence-electron chi connectivity index (χ0n) is 16.2. The van der Waals surface area contributed by atoms with Crippen LogP contribution in [0.2, 0.25) is 0 Å². The first kappa shape index (κ1) is 19.8. The van der Waals surface area contributed by atoms with E-state index in [9.17, 15) is 18.0 Å². The molecule has 0 bridgehead atoms. The Hall–Kier alpha value is -2.55. The van der Waals surface area contributed by atoms with E-state index in [0.29, 0.717) is 30.0 Å². The Balaban J connectivity index is 1.66. The Kier molecular flexibility index (Phi) is 5.24. The summed E-state index contributed by atoms with van der Waals surface area (Å²) in [5, 5.41) is 8.47. The molecular formula is C20H24F3N5O. The Labute approximate surface area is 166 Å². The Morgan fingerprint density at radius 1 is 1.17 bits per heavy atom. The van der Waals surface area contributed by atoms with Crippen molar-refractivity contribution in [3.05, 3.63) is 57.0 Å². The second kappa shape index (κ2) is 7.70. The lowest BCUT2D eigenvalue weighted by Gasteiger charge is -2.28. The first-order valence-electron chi connectivity index (χ1n) is 9.89. The van der Waals surface area contributed by atoms with Crippen LogP contribution >= 0.6 is 0 Å². The molecular weight excluding hydrogens is 383 g/mol. The summed E-state index contributed by atoms with van der Waals surface area (Å²) in [6.07, 6.45) is -1.67. The van der Waals surface area contributed by atoms with E-state index in [1.165, 1.54) is 12.1 Å². The highest BCUT2D eigenvalue weighted by Crippen LogP contribution is 2.30. The van der Waals surface area contributed by atoms with Crippen LogP contribution in [0.3, 0.4) is 0 Å². The molecule has 1 saturated heterocycles. The predicted molar refractivity (Wildman–Crippen MR) is 105 cm³/mol. The number of hydrogen-bond acceptors (Lipinski definition) is 5. The van der Waals surface area contributed by atoms with Crippen molar-refractivity contribution >= 4 is 5.95 Å². The molecule has 156 valence electrons. The van der Waals surface area contributed by atoms with E-state index in [0.717, 1.165) is 50.3 Å². The number of hydrogen-bond donors (Lipinski definition) is 2. The molecule has 6 nitrogen and oxygen atoms in total. The molecule has 3 heterocycles. The van der Waals surface area contributed by atoms with E-state index >= 15 is 0 Å². The van der Waals surface area contributed by atoms with Crippen LogP contribution in [0, 0.1) is 0 Å². The number of fused-ring (bicyclic) bond motifs is 1. The fourth-order valence-electron chi connectivity index (χ4n) is 3.89. The van der Waals surface area contributed by atoms with E-state index in [2.05, 4.69) is 10.6 Å². The monoisotopic (exact) mass is 407 g/mol. The third kappa shape index (κ3) is 3.96. The zero-order valence-corrected chi connectivity index (χ0v) is 16.2. The maximum Gasteiger partial charge on any atom is 0.416 e. The van der Waals surface area contributed by atoms with Crippen molar-refractivity contribution in [2.75, 3.05) is 30.0 Å². The molecule has 1 aromatic heterocycles. The molecule has 0 amide bonds. The van der Waals surface area contributed by atoms with Crippen molar-refractivity contribution in [2.45, 2.75) is 44.9 Å². The first-order valence-corrected chi connectivity index (χ1v) is 9.89. The van der Waals surface area contributed by atoms with Gasteiger partial charge in [-0.25, -0.2) is 4.98 Å². The fourth-order valence-corrected chi connectivity index (χ4v) is 3.89. The normalized spacial score (nSPS) is 17.9. The molecule has 2 aliphatic heterocycles. The van der Waals surface area contributed by atoms with E-state index in [-0.39, 0.29) is 11.6 Å². The number of halogens is 3. The molecule has 1 fully saturated rings. The molecule has 0 saturated carbocycles. The Morgan fingerprint density at radius 2 is 1.86 bits per heavy atom. The smallest absolute Gasteiger partial charge is 0.348 e. The number of nitrogens with zero attached hydrogens (tertiary/aromatic N) is 3. The molecule has 1 unspecified atom stereocenters. The molecule has 0 radical (unpaired) electrons. The molecule has 0 spiro atoms. The summed E-state index contributed by atoms with van der Waals surface area (Å²) in [7, 11) is 0. The van der Waals surface area contributed by atoms with Gasteiger partial charge in [0.2, 0.25) is 5.95 Å². The summed E-state index contributed by atoms with van der Waals surface area (Å²) in [6.45, 7) is 4.67. The molecule has 4 rings (SSSR count). The minimum Gasteiger partial charge on any atom is -0.348 e. The zero-order chi connectivity index (χ0) is 20.6. The molecule has 2 aliphatic rings. The van der Waals surface area contributed by atoms with Crippen LogP contribution in [0.1, 0.15) is 48.2 Å². The lowest BCUT2D eigenvalue weighted by Crippen LogP contribution is -2.45. The van der Waals surface area contributed by atoms with Gasteiger partial charge in [-0.15, -0.1) is 0 Å². The second-order valence-electron chi connectivity index (χ2n) is 7.55. The van der Waals surface area contributed by atoms with Gasteiger partial charge in [0.15, 0.2) is 0 Å². The van der Waals surface area contributed by atoms with Crippen LogP contribution in [-0.4, -0.2) is 29.3 Å². The van der Waals surface area contributed by atoms with Crippen molar-refractivity contribution in [3.8, 4) is 0 Å². The van der Waals surface area contributed by atoms with Crippen molar-refractivity contribution < 1.29 is 13.2 Å². The number of nitrogens with one attached hydrogen (secondary N) is 2. The molecule has 29 heavy (non-hydrogen) atoms. The van der Waals surface area contributed by atoms with Crippen molar-refractivity contribution in [1.29, 1.82) is 0 Å². The summed E-state index contributed by atoms with van der Waals surface area (Å²) >= 11 is 0. The van der Waals surface area contributed by atoms with Gasteiger partial charge in [0.25, 0.3) is 5.56 Å². The minimum atomic E-state index is -4.36. The predicted octanol–water partition coefficient (Wildman–Crippen LogP) is 2.81. The highest BCUT2D eigenvalue weighted by atomic mass is 19.4. The topological polar surface area (TPSA) is 62.2 Å². The van der Waals surface area contributed by atoms with E-state index < -0.39 is 11.7 Å². The van der Waals surface area contributed by atoms with Crippen LogP contribution in [0.5, 0.6) is 0 Å². The summed E-state index contributed by atoms with van der Waals surface area (Å²) < 4.78 is 40.1. The largest absolute Gasteiger partial charge is 0.416 e. The van der Waals surface area contributed by atoms with Gasteiger partial charge in [-0.2, -0.15) is 17.8 Å². The summed E-state index contributed by atoms with van der Waals surface area (Å²) in [6, 6.07) is 4.76. The Morgan fingerprint density at radius 3 is 2.52 bits per heavy atom. The standard InChI is InChI=1S/C20H24F3N5O/c1-13(14-4-6-15(7-5-14)20(21,22)23)25-19-26-17-8-9-24-12-16(17)18(29)28(19)27-10-2-3-11-27/h4-7,13,24H,2-3,8-12H2,1H3,(H,25,26). The van der Waals surface area contributed by atoms with Gasteiger partial charge < -0.3 is 15.6 Å². The quantitative estimate of drug-likeness (QED) is 0.816. The summed E-state index contributed by atoms with van der Waals surface area (Å²) in [4.78, 5) is 17.9. The highest BCUT2D eigenvalue weighted by molar-refractivity contribution is 5.39. The SMILES string of the molecule is CC(Nc1nc2c(c(=O)n1N1CCCC1)CNCC2)c1ccc(C(F)(F)F)cc1. The average Bonchev–Trinajstić information content (AvgIpc) is 3.22. The molecule has 0 aliphatic carbocycles. The molecule has 2 N–H and O–H groups in total. The number of aromatic nitrogens is 2. The minimum absolute atomic E-state index is 0.0776.